The molecule has 0 aliphatic rings. The Bertz CT molecular complexity index is 266. The van der Waals surface area contributed by atoms with E-state index in [9.17, 15) is 4.57 Å². The molecule has 0 heterocycles. The molecule has 2 nitrogen and oxygen atoms in total. The normalized spacial score (nSPS) is 12.5. The van der Waals surface area contributed by atoms with Crippen molar-refractivity contribution < 1.29 is 9.09 Å². The van der Waals surface area contributed by atoms with Crippen molar-refractivity contribution in [2.45, 2.75) is 13.8 Å². The van der Waals surface area contributed by atoms with E-state index in [1.807, 2.05) is 38.1 Å². The van der Waals surface area contributed by atoms with Crippen molar-refractivity contribution in [3.05, 3.63) is 29.8 Å². The summed E-state index contributed by atoms with van der Waals surface area (Å²) in [6, 6.07) is 7.57. The van der Waals surface area contributed by atoms with Gasteiger partial charge >= 0.3 is 0 Å². The summed E-state index contributed by atoms with van der Waals surface area (Å²) >= 11 is 0. The van der Waals surface area contributed by atoms with E-state index in [0.29, 0.717) is 11.9 Å². The molecule has 1 unspecified atom stereocenters. The van der Waals surface area contributed by atoms with Crippen LogP contribution in [0.2, 0.25) is 0 Å². The number of aryl methyl sites for hydroxylation is 1. The fourth-order valence-electron chi connectivity index (χ4n) is 0.810. The minimum Gasteiger partial charge on any atom is -0.445 e. The molecule has 0 fully saturated rings. The third-order valence-corrected chi connectivity index (χ3v) is 2.58. The molecule has 0 spiro atoms. The molecular formula is C9H13O2P. The Morgan fingerprint density at radius 1 is 1.33 bits per heavy atom. The van der Waals surface area contributed by atoms with Gasteiger partial charge < -0.3 is 4.52 Å². The van der Waals surface area contributed by atoms with Crippen molar-refractivity contribution >= 4 is 8.03 Å². The monoisotopic (exact) mass is 184 g/mol. The molecule has 0 aliphatic heterocycles. The van der Waals surface area contributed by atoms with E-state index >= 15 is 0 Å². The van der Waals surface area contributed by atoms with Crippen molar-refractivity contribution in [2.75, 3.05) is 6.16 Å². The molecule has 1 rings (SSSR count). The summed E-state index contributed by atoms with van der Waals surface area (Å²) in [7, 11) is -1.84. The summed E-state index contributed by atoms with van der Waals surface area (Å²) in [5, 5.41) is 0. The molecule has 1 aromatic carbocycles. The van der Waals surface area contributed by atoms with Gasteiger partial charge in [-0.2, -0.15) is 0 Å². The molecule has 0 saturated heterocycles. The minimum absolute atomic E-state index is 0.596. The number of hydrogen-bond acceptors (Lipinski definition) is 2. The van der Waals surface area contributed by atoms with E-state index < -0.39 is 8.03 Å². The van der Waals surface area contributed by atoms with Crippen molar-refractivity contribution in [3.8, 4) is 5.75 Å². The Morgan fingerprint density at radius 3 is 2.42 bits per heavy atom. The van der Waals surface area contributed by atoms with E-state index in [4.69, 9.17) is 4.52 Å². The zero-order valence-electron chi connectivity index (χ0n) is 7.33. The van der Waals surface area contributed by atoms with Crippen LogP contribution in [0.25, 0.3) is 0 Å². The first-order chi connectivity index (χ1) is 5.72. The Labute approximate surface area is 73.4 Å². The first-order valence-electron chi connectivity index (χ1n) is 3.99. The summed E-state index contributed by atoms with van der Waals surface area (Å²) in [6.45, 7) is 3.86. The highest BCUT2D eigenvalue weighted by molar-refractivity contribution is 7.39. The van der Waals surface area contributed by atoms with Gasteiger partial charge in [-0.05, 0) is 19.1 Å². The van der Waals surface area contributed by atoms with E-state index in [1.54, 1.807) is 0 Å². The second-order valence-electron chi connectivity index (χ2n) is 2.64. The zero-order chi connectivity index (χ0) is 8.97. The zero-order valence-corrected chi connectivity index (χ0v) is 8.33. The molecule has 0 saturated carbocycles. The summed E-state index contributed by atoms with van der Waals surface area (Å²) < 4.78 is 16.2. The van der Waals surface area contributed by atoms with E-state index in [1.165, 1.54) is 5.56 Å². The highest BCUT2D eigenvalue weighted by Crippen LogP contribution is 2.25. The van der Waals surface area contributed by atoms with Gasteiger partial charge in [0.05, 0.1) is 0 Å². The number of hydrogen-bond donors (Lipinski definition) is 0. The molecule has 0 aromatic heterocycles. The van der Waals surface area contributed by atoms with Gasteiger partial charge in [-0.3, -0.25) is 4.57 Å². The summed E-state index contributed by atoms with van der Waals surface area (Å²) in [4.78, 5) is 0. The van der Waals surface area contributed by atoms with Gasteiger partial charge in [0.25, 0.3) is 0 Å². The van der Waals surface area contributed by atoms with Gasteiger partial charge in [0.2, 0.25) is 8.03 Å². The molecule has 0 bridgehead atoms. The van der Waals surface area contributed by atoms with E-state index in [2.05, 4.69) is 0 Å². The van der Waals surface area contributed by atoms with Gasteiger partial charge in [0.1, 0.15) is 5.75 Å². The Kier molecular flexibility index (Phi) is 3.36. The second-order valence-corrected chi connectivity index (χ2v) is 4.30. The maximum atomic E-state index is 11.0. The van der Waals surface area contributed by atoms with Gasteiger partial charge in [0.15, 0.2) is 0 Å². The van der Waals surface area contributed by atoms with Crippen molar-refractivity contribution in [3.63, 3.8) is 0 Å². The predicted molar refractivity (Wildman–Crippen MR) is 51.3 cm³/mol. The van der Waals surface area contributed by atoms with Gasteiger partial charge in [0, 0.05) is 6.16 Å². The van der Waals surface area contributed by atoms with Crippen LogP contribution in [-0.4, -0.2) is 6.16 Å². The highest BCUT2D eigenvalue weighted by atomic mass is 31.1. The Hall–Kier alpha value is -0.750. The van der Waals surface area contributed by atoms with Crippen LogP contribution in [0.5, 0.6) is 5.75 Å². The first-order valence-corrected chi connectivity index (χ1v) is 5.52. The van der Waals surface area contributed by atoms with E-state index in [-0.39, 0.29) is 0 Å². The lowest BCUT2D eigenvalue weighted by atomic mass is 10.2. The van der Waals surface area contributed by atoms with Crippen LogP contribution >= 0.6 is 8.03 Å². The van der Waals surface area contributed by atoms with Crippen LogP contribution in [0.3, 0.4) is 0 Å². The average Bonchev–Trinajstić information content (AvgIpc) is 2.09. The molecule has 66 valence electrons. The SMILES string of the molecule is CC[PH](=O)Oc1ccc(C)cc1. The van der Waals surface area contributed by atoms with Crippen molar-refractivity contribution in [1.82, 2.24) is 0 Å². The van der Waals surface area contributed by atoms with Crippen LogP contribution in [0.4, 0.5) is 0 Å². The van der Waals surface area contributed by atoms with Gasteiger partial charge in [-0.25, -0.2) is 0 Å². The lowest BCUT2D eigenvalue weighted by Gasteiger charge is -2.03. The summed E-state index contributed by atoms with van der Waals surface area (Å²) in [5.41, 5.74) is 1.18. The fraction of sp³-hybridized carbons (Fsp3) is 0.333. The molecule has 1 atom stereocenters. The molecule has 0 aliphatic carbocycles. The Morgan fingerprint density at radius 2 is 1.92 bits per heavy atom. The van der Waals surface area contributed by atoms with Crippen LogP contribution in [0.1, 0.15) is 12.5 Å². The van der Waals surface area contributed by atoms with Crippen LogP contribution in [-0.2, 0) is 4.57 Å². The first kappa shape index (κ1) is 9.34. The molecular weight excluding hydrogens is 171 g/mol. The molecule has 12 heavy (non-hydrogen) atoms. The quantitative estimate of drug-likeness (QED) is 0.675. The predicted octanol–water partition coefficient (Wildman–Crippen LogP) is 2.87. The molecule has 1 aromatic rings. The van der Waals surface area contributed by atoms with Crippen LogP contribution < -0.4 is 4.52 Å². The number of benzene rings is 1. The molecule has 0 radical (unpaired) electrons. The average molecular weight is 184 g/mol. The molecule has 3 heteroatoms. The highest BCUT2D eigenvalue weighted by Gasteiger charge is 1.96. The third kappa shape index (κ3) is 2.71. The van der Waals surface area contributed by atoms with Crippen molar-refractivity contribution in [2.24, 2.45) is 0 Å². The molecule has 0 N–H and O–H groups in total. The second kappa shape index (κ2) is 4.32. The summed E-state index contributed by atoms with van der Waals surface area (Å²) in [5.74, 6) is 0.700. The number of rotatable bonds is 3. The Balaban J connectivity index is 2.64. The minimum atomic E-state index is -1.84. The van der Waals surface area contributed by atoms with Crippen LogP contribution in [0.15, 0.2) is 24.3 Å². The lowest BCUT2D eigenvalue weighted by molar-refractivity contribution is 0.506. The van der Waals surface area contributed by atoms with Crippen molar-refractivity contribution in [1.29, 1.82) is 0 Å². The third-order valence-electron chi connectivity index (χ3n) is 1.54. The lowest BCUT2D eigenvalue weighted by Crippen LogP contribution is -1.82. The molecule has 0 amide bonds. The van der Waals surface area contributed by atoms with Gasteiger partial charge in [-0.15, -0.1) is 0 Å². The maximum absolute atomic E-state index is 11.0. The standard InChI is InChI=1S/C9H13O2P/c1-3-12(10)11-9-6-4-8(2)5-7-9/h4-7,12H,3H2,1-2H3. The van der Waals surface area contributed by atoms with Gasteiger partial charge in [-0.1, -0.05) is 24.6 Å². The summed E-state index contributed by atoms with van der Waals surface area (Å²) in [6.07, 6.45) is 0.596. The maximum Gasteiger partial charge on any atom is 0.236 e. The van der Waals surface area contributed by atoms with E-state index in [0.717, 1.165) is 0 Å². The topological polar surface area (TPSA) is 26.3 Å². The fourth-order valence-corrected chi connectivity index (χ4v) is 1.35. The largest absolute Gasteiger partial charge is 0.445 e. The smallest absolute Gasteiger partial charge is 0.236 e. The van der Waals surface area contributed by atoms with Crippen LogP contribution in [0, 0.1) is 6.92 Å².